The minimum absolute atomic E-state index is 0.0346. The number of amides is 2. The van der Waals surface area contributed by atoms with E-state index in [1.54, 1.807) is 21.6 Å². The van der Waals surface area contributed by atoms with Crippen LogP contribution in [-0.2, 0) is 19.1 Å². The van der Waals surface area contributed by atoms with Gasteiger partial charge in [0, 0.05) is 49.9 Å². The van der Waals surface area contributed by atoms with Crippen LogP contribution in [0, 0.1) is 11.8 Å². The molecule has 0 aliphatic rings. The number of carbonyl (C=O) groups excluding carboxylic acids is 3. The average Bonchev–Trinajstić information content (AvgIpc) is 3.00. The SMILES string of the molecule is CCC=CCC=CCC=CCC=CCC=CCCCC(=O)OCC(C(C)C)C(O)C(=O)NCCC(=O)NCCSSCCN. The number of allylic oxidation sites excluding steroid dienone is 10. The van der Waals surface area contributed by atoms with E-state index >= 15 is 0 Å². The molecule has 0 aromatic rings. The minimum Gasteiger partial charge on any atom is -0.465 e. The van der Waals surface area contributed by atoms with Crippen LogP contribution < -0.4 is 16.4 Å². The second kappa shape index (κ2) is 30.7. The maximum absolute atomic E-state index is 12.5. The molecule has 0 saturated carbocycles. The number of hydrogen-bond acceptors (Lipinski definition) is 8. The lowest BCUT2D eigenvalue weighted by Gasteiger charge is -2.25. The van der Waals surface area contributed by atoms with E-state index in [9.17, 15) is 19.5 Å². The first-order valence-corrected chi connectivity index (χ1v) is 18.4. The summed E-state index contributed by atoms with van der Waals surface area (Å²) in [4.78, 5) is 36.6. The Morgan fingerprint density at radius 2 is 1.36 bits per heavy atom. The van der Waals surface area contributed by atoms with E-state index in [2.05, 4.69) is 78.3 Å². The molecule has 0 rings (SSSR count). The summed E-state index contributed by atoms with van der Waals surface area (Å²) >= 11 is 0. The summed E-state index contributed by atoms with van der Waals surface area (Å²) in [6, 6.07) is 0. The molecule has 0 heterocycles. The smallest absolute Gasteiger partial charge is 0.305 e. The van der Waals surface area contributed by atoms with Gasteiger partial charge in [-0.05, 0) is 50.9 Å². The van der Waals surface area contributed by atoms with Crippen LogP contribution in [0.4, 0.5) is 0 Å². The molecule has 10 heteroatoms. The molecular formula is C34H57N3O5S2. The van der Waals surface area contributed by atoms with Gasteiger partial charge in [-0.25, -0.2) is 0 Å². The number of hydrogen-bond donors (Lipinski definition) is 4. The number of unbranched alkanes of at least 4 members (excludes halogenated alkanes) is 1. The zero-order valence-electron chi connectivity index (χ0n) is 27.1. The molecule has 0 saturated heterocycles. The monoisotopic (exact) mass is 651 g/mol. The second-order valence-electron chi connectivity index (χ2n) is 10.5. The van der Waals surface area contributed by atoms with Crippen LogP contribution in [0.2, 0.25) is 0 Å². The van der Waals surface area contributed by atoms with Crippen molar-refractivity contribution in [2.24, 2.45) is 17.6 Å². The summed E-state index contributed by atoms with van der Waals surface area (Å²) in [5, 5.41) is 16.0. The van der Waals surface area contributed by atoms with Gasteiger partial charge in [-0.3, -0.25) is 14.4 Å². The molecule has 0 bridgehead atoms. The van der Waals surface area contributed by atoms with Crippen LogP contribution in [-0.4, -0.2) is 66.7 Å². The highest BCUT2D eigenvalue weighted by atomic mass is 33.1. The van der Waals surface area contributed by atoms with Crippen LogP contribution in [0.1, 0.15) is 78.6 Å². The van der Waals surface area contributed by atoms with E-state index in [0.29, 0.717) is 19.5 Å². The van der Waals surface area contributed by atoms with Crippen molar-refractivity contribution < 1.29 is 24.2 Å². The molecule has 0 aromatic heterocycles. The molecule has 44 heavy (non-hydrogen) atoms. The van der Waals surface area contributed by atoms with Gasteiger partial charge in [0.15, 0.2) is 0 Å². The van der Waals surface area contributed by atoms with Crippen molar-refractivity contribution in [1.82, 2.24) is 10.6 Å². The molecule has 8 nitrogen and oxygen atoms in total. The fourth-order valence-electron chi connectivity index (χ4n) is 3.73. The fourth-order valence-corrected chi connectivity index (χ4v) is 5.49. The Bertz CT molecular complexity index is 903. The van der Waals surface area contributed by atoms with Gasteiger partial charge in [0.25, 0.3) is 0 Å². The molecule has 250 valence electrons. The highest BCUT2D eigenvalue weighted by Gasteiger charge is 2.29. The van der Waals surface area contributed by atoms with Crippen molar-refractivity contribution in [3.63, 3.8) is 0 Å². The summed E-state index contributed by atoms with van der Waals surface area (Å²) in [5.41, 5.74) is 5.43. The van der Waals surface area contributed by atoms with Crippen LogP contribution in [0.25, 0.3) is 0 Å². The topological polar surface area (TPSA) is 131 Å². The number of carbonyl (C=O) groups is 3. The molecule has 0 aliphatic heterocycles. The standard InChI is InChI=1S/C34H57N3O5S2/c1-4-5-6-7-8-9-10-11-12-13-14-15-16-17-18-19-20-21-32(39)42-28-30(29(2)3)33(40)34(41)37-24-22-31(38)36-25-27-44-43-26-23-35/h5-6,8-9,11-12,14-15,17-18,29-30,33,40H,4,7,10,13,16,19-28,35H2,1-3H3,(H,36,38)(H,37,41). The lowest BCUT2D eigenvalue weighted by atomic mass is 9.90. The number of ether oxygens (including phenoxy) is 1. The third kappa shape index (κ3) is 26.2. The van der Waals surface area contributed by atoms with Crippen molar-refractivity contribution in [3.05, 3.63) is 60.8 Å². The average molecular weight is 652 g/mol. The predicted octanol–water partition coefficient (Wildman–Crippen LogP) is 6.05. The number of nitrogens with one attached hydrogen (secondary N) is 2. The number of nitrogens with two attached hydrogens (primary N) is 1. The molecule has 0 aliphatic carbocycles. The molecule has 0 fully saturated rings. The van der Waals surface area contributed by atoms with Crippen molar-refractivity contribution >= 4 is 39.4 Å². The molecule has 0 radical (unpaired) electrons. The number of esters is 1. The Balaban J connectivity index is 4.08. The van der Waals surface area contributed by atoms with E-state index < -0.39 is 17.9 Å². The van der Waals surface area contributed by atoms with Gasteiger partial charge in [-0.2, -0.15) is 0 Å². The van der Waals surface area contributed by atoms with Crippen molar-refractivity contribution in [2.45, 2.75) is 84.7 Å². The Morgan fingerprint density at radius 1 is 0.795 bits per heavy atom. The Labute approximate surface area is 274 Å². The summed E-state index contributed by atoms with van der Waals surface area (Å²) in [6.07, 6.45) is 26.9. The first-order chi connectivity index (χ1) is 21.3. The molecular weight excluding hydrogens is 595 g/mol. The highest BCUT2D eigenvalue weighted by Crippen LogP contribution is 2.19. The summed E-state index contributed by atoms with van der Waals surface area (Å²) in [5.74, 6) is -0.0473. The zero-order valence-corrected chi connectivity index (χ0v) is 28.7. The molecule has 0 spiro atoms. The molecule has 0 aromatic carbocycles. The van der Waals surface area contributed by atoms with Crippen LogP contribution in [0.5, 0.6) is 0 Å². The van der Waals surface area contributed by atoms with Gasteiger partial charge >= 0.3 is 5.97 Å². The predicted molar refractivity (Wildman–Crippen MR) is 188 cm³/mol. The van der Waals surface area contributed by atoms with E-state index in [4.69, 9.17) is 10.5 Å². The van der Waals surface area contributed by atoms with Crippen LogP contribution >= 0.6 is 21.6 Å². The Kier molecular flexibility index (Phi) is 29.2. The second-order valence-corrected chi connectivity index (χ2v) is 13.2. The van der Waals surface area contributed by atoms with Gasteiger partial charge in [-0.1, -0.05) is 103 Å². The largest absolute Gasteiger partial charge is 0.465 e. The lowest BCUT2D eigenvalue weighted by Crippen LogP contribution is -2.44. The third-order valence-corrected chi connectivity index (χ3v) is 8.76. The van der Waals surface area contributed by atoms with Crippen molar-refractivity contribution in [1.29, 1.82) is 0 Å². The Morgan fingerprint density at radius 3 is 1.93 bits per heavy atom. The van der Waals surface area contributed by atoms with E-state index in [1.165, 1.54) is 0 Å². The van der Waals surface area contributed by atoms with Gasteiger partial charge in [0.1, 0.15) is 6.10 Å². The van der Waals surface area contributed by atoms with Crippen LogP contribution in [0.15, 0.2) is 60.8 Å². The third-order valence-electron chi connectivity index (χ3n) is 6.32. The first-order valence-electron chi connectivity index (χ1n) is 15.9. The van der Waals surface area contributed by atoms with Crippen molar-refractivity contribution in [3.8, 4) is 0 Å². The number of rotatable bonds is 27. The maximum Gasteiger partial charge on any atom is 0.305 e. The van der Waals surface area contributed by atoms with E-state index in [1.807, 2.05) is 13.8 Å². The summed E-state index contributed by atoms with van der Waals surface area (Å²) in [7, 11) is 3.32. The lowest BCUT2D eigenvalue weighted by molar-refractivity contribution is -0.150. The van der Waals surface area contributed by atoms with Gasteiger partial charge < -0.3 is 26.2 Å². The van der Waals surface area contributed by atoms with Gasteiger partial charge in [-0.15, -0.1) is 0 Å². The zero-order chi connectivity index (χ0) is 32.7. The normalized spacial score (nSPS) is 13.6. The van der Waals surface area contributed by atoms with Crippen LogP contribution in [0.3, 0.4) is 0 Å². The van der Waals surface area contributed by atoms with E-state index in [-0.39, 0.29) is 43.8 Å². The van der Waals surface area contributed by atoms with Gasteiger partial charge in [0.05, 0.1) is 6.61 Å². The number of aliphatic hydroxyl groups excluding tert-OH is 1. The quantitative estimate of drug-likeness (QED) is 0.0366. The maximum atomic E-state index is 12.5. The first kappa shape index (κ1) is 41.7. The fraction of sp³-hybridized carbons (Fsp3) is 0.618. The van der Waals surface area contributed by atoms with E-state index in [0.717, 1.165) is 50.0 Å². The molecule has 2 atom stereocenters. The van der Waals surface area contributed by atoms with Gasteiger partial charge in [0.2, 0.25) is 11.8 Å². The van der Waals surface area contributed by atoms with Crippen molar-refractivity contribution in [2.75, 3.05) is 37.7 Å². The Hall–Kier alpha value is -2.27. The molecule has 2 unspecified atom stereocenters. The molecule has 5 N–H and O–H groups in total. The molecule has 2 amide bonds. The summed E-state index contributed by atoms with van der Waals surface area (Å²) < 4.78 is 5.39. The number of aliphatic hydroxyl groups is 1. The minimum atomic E-state index is -1.33. The highest BCUT2D eigenvalue weighted by molar-refractivity contribution is 8.76. The summed E-state index contributed by atoms with van der Waals surface area (Å²) in [6.45, 7) is 7.13.